The molecule has 122 valence electrons. The molecule has 3 heterocycles. The number of carbonyl (C=O) groups is 1. The predicted octanol–water partition coefficient (Wildman–Crippen LogP) is 0.881. The van der Waals surface area contributed by atoms with Gasteiger partial charge in [0.25, 0.3) is 0 Å². The standard InChI is InChI=1S/C16H26N4O2/c1-18-5-4-17-15(18)12-19-6-8-20(9-7-19)16(21)11-14-3-2-10-22-13-14/h4-5,14H,2-3,6-13H2,1H3/t14-/m1/s1. The Labute approximate surface area is 132 Å². The molecule has 1 aromatic rings. The fourth-order valence-electron chi connectivity index (χ4n) is 3.25. The van der Waals surface area contributed by atoms with E-state index in [0.717, 1.165) is 64.6 Å². The molecule has 0 aliphatic carbocycles. The van der Waals surface area contributed by atoms with Crippen molar-refractivity contribution in [2.45, 2.75) is 25.8 Å². The molecule has 3 rings (SSSR count). The van der Waals surface area contributed by atoms with E-state index in [2.05, 4.69) is 14.5 Å². The van der Waals surface area contributed by atoms with Crippen LogP contribution >= 0.6 is 0 Å². The van der Waals surface area contributed by atoms with Crippen LogP contribution in [0.3, 0.4) is 0 Å². The molecule has 1 aromatic heterocycles. The van der Waals surface area contributed by atoms with Crippen LogP contribution in [-0.4, -0.2) is 64.7 Å². The van der Waals surface area contributed by atoms with E-state index < -0.39 is 0 Å². The highest BCUT2D eigenvalue weighted by atomic mass is 16.5. The average Bonchev–Trinajstić information content (AvgIpc) is 2.94. The molecular formula is C16H26N4O2. The van der Waals surface area contributed by atoms with Crippen molar-refractivity contribution in [3.63, 3.8) is 0 Å². The number of amides is 1. The van der Waals surface area contributed by atoms with Crippen molar-refractivity contribution >= 4 is 5.91 Å². The first kappa shape index (κ1) is 15.5. The summed E-state index contributed by atoms with van der Waals surface area (Å²) in [6, 6.07) is 0. The van der Waals surface area contributed by atoms with Crippen LogP contribution in [0.25, 0.3) is 0 Å². The molecule has 2 fully saturated rings. The van der Waals surface area contributed by atoms with Crippen molar-refractivity contribution < 1.29 is 9.53 Å². The number of aryl methyl sites for hydroxylation is 1. The van der Waals surface area contributed by atoms with Crippen molar-refractivity contribution in [3.05, 3.63) is 18.2 Å². The van der Waals surface area contributed by atoms with Crippen molar-refractivity contribution in [2.75, 3.05) is 39.4 Å². The van der Waals surface area contributed by atoms with Gasteiger partial charge in [0.05, 0.1) is 6.54 Å². The fraction of sp³-hybridized carbons (Fsp3) is 0.750. The van der Waals surface area contributed by atoms with E-state index in [1.54, 1.807) is 0 Å². The maximum Gasteiger partial charge on any atom is 0.223 e. The van der Waals surface area contributed by atoms with Crippen LogP contribution in [-0.2, 0) is 23.1 Å². The second-order valence-corrected chi connectivity index (χ2v) is 6.40. The summed E-state index contributed by atoms with van der Waals surface area (Å²) in [6.45, 7) is 6.00. The van der Waals surface area contributed by atoms with Crippen LogP contribution in [0.1, 0.15) is 25.1 Å². The van der Waals surface area contributed by atoms with Gasteiger partial charge in [-0.05, 0) is 18.8 Å². The van der Waals surface area contributed by atoms with E-state index in [9.17, 15) is 4.79 Å². The highest BCUT2D eigenvalue weighted by molar-refractivity contribution is 5.76. The van der Waals surface area contributed by atoms with Crippen molar-refractivity contribution in [2.24, 2.45) is 13.0 Å². The number of rotatable bonds is 4. The Bertz CT molecular complexity index is 488. The smallest absolute Gasteiger partial charge is 0.223 e. The Morgan fingerprint density at radius 2 is 2.18 bits per heavy atom. The third-order valence-electron chi connectivity index (χ3n) is 4.73. The summed E-state index contributed by atoms with van der Waals surface area (Å²) in [4.78, 5) is 21.1. The number of hydrogen-bond acceptors (Lipinski definition) is 4. The Kier molecular flexibility index (Phi) is 5.10. The summed E-state index contributed by atoms with van der Waals surface area (Å²) < 4.78 is 7.53. The van der Waals surface area contributed by atoms with E-state index in [4.69, 9.17) is 4.74 Å². The fourth-order valence-corrected chi connectivity index (χ4v) is 3.25. The summed E-state index contributed by atoms with van der Waals surface area (Å²) in [5.74, 6) is 1.80. The van der Waals surface area contributed by atoms with Gasteiger partial charge in [-0.15, -0.1) is 0 Å². The zero-order valence-electron chi connectivity index (χ0n) is 13.4. The maximum atomic E-state index is 12.4. The zero-order valence-corrected chi connectivity index (χ0v) is 13.4. The molecule has 2 aliphatic rings. The minimum atomic E-state index is 0.298. The summed E-state index contributed by atoms with van der Waals surface area (Å²) in [7, 11) is 2.02. The number of aromatic nitrogens is 2. The highest BCUT2D eigenvalue weighted by Gasteiger charge is 2.25. The van der Waals surface area contributed by atoms with Gasteiger partial charge in [-0.3, -0.25) is 9.69 Å². The van der Waals surface area contributed by atoms with Gasteiger partial charge in [0, 0.05) is 65.3 Å². The highest BCUT2D eigenvalue weighted by Crippen LogP contribution is 2.19. The molecule has 1 atom stereocenters. The number of hydrogen-bond donors (Lipinski definition) is 0. The zero-order chi connectivity index (χ0) is 15.4. The van der Waals surface area contributed by atoms with Gasteiger partial charge in [0.2, 0.25) is 5.91 Å². The number of ether oxygens (including phenoxy) is 1. The summed E-state index contributed by atoms with van der Waals surface area (Å²) in [5, 5.41) is 0. The molecule has 2 aliphatic heterocycles. The molecule has 6 heteroatoms. The van der Waals surface area contributed by atoms with Crippen molar-refractivity contribution in [3.8, 4) is 0 Å². The third kappa shape index (κ3) is 3.87. The van der Waals surface area contributed by atoms with Gasteiger partial charge in [-0.25, -0.2) is 4.98 Å². The summed E-state index contributed by atoms with van der Waals surface area (Å²) in [5.41, 5.74) is 0. The number of imidazole rings is 1. The Balaban J connectivity index is 1.43. The summed E-state index contributed by atoms with van der Waals surface area (Å²) in [6.07, 6.45) is 6.68. The molecule has 0 aromatic carbocycles. The second kappa shape index (κ2) is 7.24. The number of piperazine rings is 1. The molecule has 0 unspecified atom stereocenters. The molecule has 22 heavy (non-hydrogen) atoms. The molecule has 0 spiro atoms. The SMILES string of the molecule is Cn1ccnc1CN1CCN(C(=O)C[C@H]2CCCOC2)CC1. The van der Waals surface area contributed by atoms with E-state index >= 15 is 0 Å². The van der Waals surface area contributed by atoms with Crippen LogP contribution in [0.4, 0.5) is 0 Å². The maximum absolute atomic E-state index is 12.4. The van der Waals surface area contributed by atoms with E-state index in [1.165, 1.54) is 0 Å². The molecule has 0 saturated carbocycles. The molecule has 0 N–H and O–H groups in total. The van der Waals surface area contributed by atoms with Crippen LogP contribution in [0.2, 0.25) is 0 Å². The van der Waals surface area contributed by atoms with Gasteiger partial charge in [0.15, 0.2) is 0 Å². The third-order valence-corrected chi connectivity index (χ3v) is 4.73. The molecule has 0 bridgehead atoms. The first-order valence-electron chi connectivity index (χ1n) is 8.26. The Hall–Kier alpha value is -1.40. The van der Waals surface area contributed by atoms with Crippen LogP contribution in [0.15, 0.2) is 12.4 Å². The van der Waals surface area contributed by atoms with Gasteiger partial charge in [0.1, 0.15) is 5.82 Å². The molecule has 1 amide bonds. The summed E-state index contributed by atoms with van der Waals surface area (Å²) >= 11 is 0. The van der Waals surface area contributed by atoms with Gasteiger partial charge < -0.3 is 14.2 Å². The lowest BCUT2D eigenvalue weighted by molar-refractivity contribution is -0.135. The van der Waals surface area contributed by atoms with E-state index in [1.807, 2.05) is 24.3 Å². The Morgan fingerprint density at radius 1 is 1.36 bits per heavy atom. The van der Waals surface area contributed by atoms with Crippen LogP contribution in [0.5, 0.6) is 0 Å². The van der Waals surface area contributed by atoms with E-state index in [0.29, 0.717) is 18.2 Å². The lowest BCUT2D eigenvalue weighted by atomic mass is 9.98. The van der Waals surface area contributed by atoms with Crippen LogP contribution < -0.4 is 0 Å². The minimum Gasteiger partial charge on any atom is -0.381 e. The van der Waals surface area contributed by atoms with E-state index in [-0.39, 0.29) is 0 Å². The average molecular weight is 306 g/mol. The molecular weight excluding hydrogens is 280 g/mol. The second-order valence-electron chi connectivity index (χ2n) is 6.40. The lowest BCUT2D eigenvalue weighted by Gasteiger charge is -2.35. The normalized spacial score (nSPS) is 23.7. The van der Waals surface area contributed by atoms with Gasteiger partial charge in [-0.2, -0.15) is 0 Å². The van der Waals surface area contributed by atoms with Crippen molar-refractivity contribution in [1.29, 1.82) is 0 Å². The first-order valence-corrected chi connectivity index (χ1v) is 8.26. The Morgan fingerprint density at radius 3 is 2.82 bits per heavy atom. The number of nitrogens with zero attached hydrogens (tertiary/aromatic N) is 4. The number of carbonyl (C=O) groups excluding carboxylic acids is 1. The molecule has 6 nitrogen and oxygen atoms in total. The van der Waals surface area contributed by atoms with Gasteiger partial charge in [-0.1, -0.05) is 0 Å². The molecule has 0 radical (unpaired) electrons. The van der Waals surface area contributed by atoms with Crippen molar-refractivity contribution in [1.82, 2.24) is 19.4 Å². The topological polar surface area (TPSA) is 50.6 Å². The monoisotopic (exact) mass is 306 g/mol. The predicted molar refractivity (Wildman–Crippen MR) is 83.2 cm³/mol. The van der Waals surface area contributed by atoms with Crippen LogP contribution in [0, 0.1) is 5.92 Å². The van der Waals surface area contributed by atoms with Gasteiger partial charge >= 0.3 is 0 Å². The quantitative estimate of drug-likeness (QED) is 0.829. The minimum absolute atomic E-state index is 0.298. The lowest BCUT2D eigenvalue weighted by Crippen LogP contribution is -2.49. The first-order chi connectivity index (χ1) is 10.7. The largest absolute Gasteiger partial charge is 0.381 e. The molecule has 2 saturated heterocycles.